The summed E-state index contributed by atoms with van der Waals surface area (Å²) >= 11 is 0. The van der Waals surface area contributed by atoms with Gasteiger partial charge in [0.2, 0.25) is 11.8 Å². The molecule has 0 atom stereocenters. The van der Waals surface area contributed by atoms with Crippen LogP contribution in [-0.4, -0.2) is 31.1 Å². The predicted octanol–water partition coefficient (Wildman–Crippen LogP) is -0.521. The monoisotopic (exact) mass is 216 g/mol. The second-order valence-corrected chi connectivity index (χ2v) is 3.70. The lowest BCUT2D eigenvalue weighted by atomic mass is 9.77. The molecule has 1 fully saturated rings. The van der Waals surface area contributed by atoms with Crippen molar-refractivity contribution in [3.05, 3.63) is 0 Å². The highest BCUT2D eigenvalue weighted by Crippen LogP contribution is 2.37. The lowest BCUT2D eigenvalue weighted by Crippen LogP contribution is -2.44. The molecule has 6 heteroatoms. The number of nitrogens with two attached hydrogens (primary N) is 1. The number of hydrogen-bond donors (Lipinski definition) is 2. The number of methoxy groups -OCH3 is 1. The lowest BCUT2D eigenvalue weighted by Gasteiger charge is -2.39. The van der Waals surface area contributed by atoms with E-state index in [-0.39, 0.29) is 24.5 Å². The number of hydroxylamine groups is 1. The molecule has 0 unspecified atom stereocenters. The van der Waals surface area contributed by atoms with Crippen LogP contribution in [0.4, 0.5) is 0 Å². The fourth-order valence-electron chi connectivity index (χ4n) is 1.54. The molecule has 0 heterocycles. The Morgan fingerprint density at radius 2 is 2.13 bits per heavy atom. The van der Waals surface area contributed by atoms with Crippen LogP contribution in [0.3, 0.4) is 0 Å². The minimum Gasteiger partial charge on any atom is -0.378 e. The number of ether oxygens (including phenoxy) is 1. The highest BCUT2D eigenvalue weighted by molar-refractivity contribution is 5.77. The Balaban J connectivity index is 2.20. The number of nitrogens with one attached hydrogen (secondary N) is 1. The van der Waals surface area contributed by atoms with Crippen LogP contribution in [0.1, 0.15) is 25.7 Å². The van der Waals surface area contributed by atoms with Gasteiger partial charge in [0.15, 0.2) is 6.61 Å². The molecular weight excluding hydrogens is 200 g/mol. The average molecular weight is 216 g/mol. The molecule has 1 aliphatic carbocycles. The van der Waals surface area contributed by atoms with E-state index in [0.29, 0.717) is 0 Å². The van der Waals surface area contributed by atoms with Crippen LogP contribution in [0.2, 0.25) is 0 Å². The average Bonchev–Trinajstić information content (AvgIpc) is 2.11. The number of carbonyl (C=O) groups is 2. The Kier molecular flexibility index (Phi) is 4.05. The van der Waals surface area contributed by atoms with Crippen molar-refractivity contribution in [1.29, 1.82) is 0 Å². The first kappa shape index (κ1) is 11.9. The number of carbonyl (C=O) groups excluding carboxylic acids is 2. The van der Waals surface area contributed by atoms with Crippen LogP contribution >= 0.6 is 0 Å². The molecule has 0 bridgehead atoms. The summed E-state index contributed by atoms with van der Waals surface area (Å²) in [6.45, 7) is -0.314. The maximum absolute atomic E-state index is 11.3. The first-order valence-electron chi connectivity index (χ1n) is 4.82. The van der Waals surface area contributed by atoms with Crippen molar-refractivity contribution in [3.63, 3.8) is 0 Å². The molecule has 0 saturated heterocycles. The largest absolute Gasteiger partial charge is 0.378 e. The van der Waals surface area contributed by atoms with Crippen molar-refractivity contribution in [1.82, 2.24) is 5.48 Å². The molecule has 0 aromatic heterocycles. The standard InChI is InChI=1S/C9H16N2O4/c1-14-9(3-2-4-9)5-8(13)11-15-6-7(10)12/h2-6H2,1H3,(H2,10,12)(H,11,13). The van der Waals surface area contributed by atoms with Gasteiger partial charge >= 0.3 is 0 Å². The van der Waals surface area contributed by atoms with E-state index < -0.39 is 5.91 Å². The predicted molar refractivity (Wildman–Crippen MR) is 51.5 cm³/mol. The minimum atomic E-state index is -0.625. The molecule has 0 spiro atoms. The van der Waals surface area contributed by atoms with Gasteiger partial charge in [-0.05, 0) is 19.3 Å². The number of hydrogen-bond acceptors (Lipinski definition) is 4. The highest BCUT2D eigenvalue weighted by Gasteiger charge is 2.39. The maximum atomic E-state index is 11.3. The molecule has 86 valence electrons. The van der Waals surface area contributed by atoms with Crippen LogP contribution in [0.25, 0.3) is 0 Å². The molecule has 3 N–H and O–H groups in total. The fraction of sp³-hybridized carbons (Fsp3) is 0.778. The van der Waals surface area contributed by atoms with Gasteiger partial charge in [-0.3, -0.25) is 14.4 Å². The van der Waals surface area contributed by atoms with Crippen LogP contribution in [0.15, 0.2) is 0 Å². The van der Waals surface area contributed by atoms with E-state index >= 15 is 0 Å². The molecule has 0 aromatic carbocycles. The van der Waals surface area contributed by atoms with E-state index in [2.05, 4.69) is 10.3 Å². The molecule has 0 aromatic rings. The first-order chi connectivity index (χ1) is 7.08. The summed E-state index contributed by atoms with van der Waals surface area (Å²) in [5, 5.41) is 0. The molecule has 0 aliphatic heterocycles. The van der Waals surface area contributed by atoms with E-state index in [4.69, 9.17) is 10.5 Å². The van der Waals surface area contributed by atoms with Crippen molar-refractivity contribution >= 4 is 11.8 Å². The number of rotatable bonds is 6. The van der Waals surface area contributed by atoms with Crippen molar-refractivity contribution in [3.8, 4) is 0 Å². The van der Waals surface area contributed by atoms with E-state index in [9.17, 15) is 9.59 Å². The summed E-state index contributed by atoms with van der Waals surface area (Å²) in [5.74, 6) is -0.918. The summed E-state index contributed by atoms with van der Waals surface area (Å²) in [5.41, 5.74) is 6.65. The van der Waals surface area contributed by atoms with Crippen LogP contribution in [0, 0.1) is 0 Å². The topological polar surface area (TPSA) is 90.7 Å². The van der Waals surface area contributed by atoms with Crippen LogP contribution < -0.4 is 11.2 Å². The second-order valence-electron chi connectivity index (χ2n) is 3.70. The van der Waals surface area contributed by atoms with Gasteiger partial charge in [-0.2, -0.15) is 0 Å². The Bertz CT molecular complexity index is 245. The smallest absolute Gasteiger partial charge is 0.246 e. The van der Waals surface area contributed by atoms with Gasteiger partial charge in [-0.15, -0.1) is 0 Å². The summed E-state index contributed by atoms with van der Waals surface area (Å²) in [4.78, 5) is 26.2. The quantitative estimate of drug-likeness (QED) is 0.584. The van der Waals surface area contributed by atoms with E-state index in [1.54, 1.807) is 7.11 Å². The van der Waals surface area contributed by atoms with Gasteiger partial charge in [0.25, 0.3) is 0 Å². The van der Waals surface area contributed by atoms with Gasteiger partial charge in [0.05, 0.1) is 12.0 Å². The summed E-state index contributed by atoms with van der Waals surface area (Å²) in [6, 6.07) is 0. The molecule has 15 heavy (non-hydrogen) atoms. The lowest BCUT2D eigenvalue weighted by molar-refractivity contribution is -0.147. The van der Waals surface area contributed by atoms with E-state index in [1.165, 1.54) is 0 Å². The number of primary amides is 1. The van der Waals surface area contributed by atoms with Gasteiger partial charge < -0.3 is 10.5 Å². The molecule has 0 radical (unpaired) electrons. The minimum absolute atomic E-state index is 0.252. The van der Waals surface area contributed by atoms with Gasteiger partial charge in [-0.1, -0.05) is 0 Å². The third-order valence-corrected chi connectivity index (χ3v) is 2.58. The molecule has 1 aliphatic rings. The first-order valence-corrected chi connectivity index (χ1v) is 4.82. The zero-order chi connectivity index (χ0) is 11.3. The second kappa shape index (κ2) is 5.09. The summed E-state index contributed by atoms with van der Waals surface area (Å²) < 4.78 is 5.26. The Morgan fingerprint density at radius 1 is 1.47 bits per heavy atom. The summed E-state index contributed by atoms with van der Waals surface area (Å²) in [7, 11) is 1.59. The van der Waals surface area contributed by atoms with E-state index in [1.807, 2.05) is 0 Å². The molecule has 6 nitrogen and oxygen atoms in total. The van der Waals surface area contributed by atoms with E-state index in [0.717, 1.165) is 19.3 Å². The Hall–Kier alpha value is -1.14. The van der Waals surface area contributed by atoms with Crippen molar-refractivity contribution in [2.24, 2.45) is 5.73 Å². The molecule has 1 rings (SSSR count). The van der Waals surface area contributed by atoms with Gasteiger partial charge in [0, 0.05) is 7.11 Å². The van der Waals surface area contributed by atoms with Gasteiger partial charge in [0.1, 0.15) is 0 Å². The zero-order valence-corrected chi connectivity index (χ0v) is 8.75. The highest BCUT2D eigenvalue weighted by atomic mass is 16.7. The third-order valence-electron chi connectivity index (χ3n) is 2.58. The van der Waals surface area contributed by atoms with Gasteiger partial charge in [-0.25, -0.2) is 5.48 Å². The Labute approximate surface area is 88.0 Å². The summed E-state index contributed by atoms with van der Waals surface area (Å²) in [6.07, 6.45) is 3.09. The Morgan fingerprint density at radius 3 is 2.53 bits per heavy atom. The van der Waals surface area contributed by atoms with Crippen molar-refractivity contribution in [2.45, 2.75) is 31.3 Å². The SMILES string of the molecule is COC1(CC(=O)NOCC(N)=O)CCC1. The molecule has 2 amide bonds. The maximum Gasteiger partial charge on any atom is 0.246 e. The van der Waals surface area contributed by atoms with Crippen molar-refractivity contribution < 1.29 is 19.2 Å². The zero-order valence-electron chi connectivity index (χ0n) is 8.75. The van der Waals surface area contributed by atoms with Crippen molar-refractivity contribution in [2.75, 3.05) is 13.7 Å². The van der Waals surface area contributed by atoms with Crippen LogP contribution in [0.5, 0.6) is 0 Å². The molecule has 1 saturated carbocycles. The third kappa shape index (κ3) is 3.49. The molecular formula is C9H16N2O4. The fourth-order valence-corrected chi connectivity index (χ4v) is 1.54. The normalized spacial score (nSPS) is 17.9. The van der Waals surface area contributed by atoms with Crippen LogP contribution in [-0.2, 0) is 19.2 Å². The number of amides is 2.